The van der Waals surface area contributed by atoms with Crippen LogP contribution in [-0.2, 0) is 19.1 Å². The maximum atomic E-state index is 12.0. The van der Waals surface area contributed by atoms with E-state index in [9.17, 15) is 14.4 Å². The van der Waals surface area contributed by atoms with Crippen LogP contribution in [0.5, 0.6) is 5.75 Å². The Morgan fingerprint density at radius 1 is 1.32 bits per heavy atom. The van der Waals surface area contributed by atoms with Crippen molar-refractivity contribution < 1.29 is 23.9 Å². The zero-order valence-corrected chi connectivity index (χ0v) is 14.6. The van der Waals surface area contributed by atoms with Gasteiger partial charge in [-0.15, -0.1) is 0 Å². The van der Waals surface area contributed by atoms with Crippen molar-refractivity contribution in [3.8, 4) is 5.75 Å². The summed E-state index contributed by atoms with van der Waals surface area (Å²) in [7, 11) is 0. The monoisotopic (exact) mass is 348 g/mol. The Morgan fingerprint density at radius 2 is 2.08 bits per heavy atom. The number of fused-ring (bicyclic) bond motifs is 1. The van der Waals surface area contributed by atoms with Crippen LogP contribution in [0.25, 0.3) is 0 Å². The fourth-order valence-electron chi connectivity index (χ4n) is 2.37. The van der Waals surface area contributed by atoms with Crippen molar-refractivity contribution >= 4 is 23.5 Å². The molecule has 0 fully saturated rings. The zero-order chi connectivity index (χ0) is 18.2. The number of nitrogens with zero attached hydrogens (tertiary/aromatic N) is 1. The number of para-hydroxylation sites is 2. The molecular formula is C18H24N2O5. The van der Waals surface area contributed by atoms with Gasteiger partial charge in [0.2, 0.25) is 0 Å². The van der Waals surface area contributed by atoms with E-state index in [2.05, 4.69) is 19.2 Å². The minimum absolute atomic E-state index is 0.0132. The first-order valence-electron chi connectivity index (χ1n) is 8.42. The summed E-state index contributed by atoms with van der Waals surface area (Å²) in [4.78, 5) is 36.9. The van der Waals surface area contributed by atoms with Gasteiger partial charge in [0.25, 0.3) is 11.8 Å². The van der Waals surface area contributed by atoms with Gasteiger partial charge in [0.1, 0.15) is 5.75 Å². The second-order valence-electron chi connectivity index (χ2n) is 6.24. The van der Waals surface area contributed by atoms with Crippen LogP contribution >= 0.6 is 0 Å². The number of ether oxygens (including phenoxy) is 2. The molecule has 0 unspecified atom stereocenters. The molecule has 1 aliphatic heterocycles. The Morgan fingerprint density at radius 3 is 2.84 bits per heavy atom. The first-order chi connectivity index (χ1) is 12.0. The third-order valence-electron chi connectivity index (χ3n) is 3.76. The number of anilines is 1. The molecule has 0 bridgehead atoms. The van der Waals surface area contributed by atoms with Gasteiger partial charge in [-0.05, 0) is 24.5 Å². The third kappa shape index (κ3) is 5.77. The molecule has 2 amide bonds. The molecular weight excluding hydrogens is 324 g/mol. The number of carbonyl (C=O) groups is 3. The second kappa shape index (κ2) is 9.05. The fraction of sp³-hybridized carbons (Fsp3) is 0.500. The van der Waals surface area contributed by atoms with Crippen LogP contribution in [0.4, 0.5) is 5.69 Å². The van der Waals surface area contributed by atoms with E-state index in [1.54, 1.807) is 18.2 Å². The Labute approximate surface area is 147 Å². The quantitative estimate of drug-likeness (QED) is 0.720. The van der Waals surface area contributed by atoms with Crippen molar-refractivity contribution in [2.75, 3.05) is 31.2 Å². The van der Waals surface area contributed by atoms with E-state index >= 15 is 0 Å². The van der Waals surface area contributed by atoms with Crippen molar-refractivity contribution in [2.45, 2.75) is 26.7 Å². The molecule has 2 rings (SSSR count). The van der Waals surface area contributed by atoms with E-state index < -0.39 is 5.97 Å². The summed E-state index contributed by atoms with van der Waals surface area (Å²) in [5, 5.41) is 2.70. The van der Waals surface area contributed by atoms with Gasteiger partial charge in [-0.3, -0.25) is 14.4 Å². The highest BCUT2D eigenvalue weighted by Gasteiger charge is 2.25. The van der Waals surface area contributed by atoms with Crippen LogP contribution in [-0.4, -0.2) is 44.1 Å². The molecule has 1 aromatic rings. The molecule has 7 nitrogen and oxygen atoms in total. The molecule has 7 heteroatoms. The Kier molecular flexibility index (Phi) is 6.80. The number of esters is 1. The molecule has 0 aromatic heterocycles. The van der Waals surface area contributed by atoms with Crippen molar-refractivity contribution in [3.05, 3.63) is 24.3 Å². The summed E-state index contributed by atoms with van der Waals surface area (Å²) in [5.74, 6) is 0.0623. The number of hydrogen-bond acceptors (Lipinski definition) is 5. The average Bonchev–Trinajstić information content (AvgIpc) is 2.58. The van der Waals surface area contributed by atoms with Gasteiger partial charge in [0.15, 0.2) is 13.2 Å². The minimum Gasteiger partial charge on any atom is -0.482 e. The molecule has 0 saturated heterocycles. The summed E-state index contributed by atoms with van der Waals surface area (Å²) in [5.41, 5.74) is 0.637. The van der Waals surface area contributed by atoms with Crippen LogP contribution in [0.15, 0.2) is 24.3 Å². The lowest BCUT2D eigenvalue weighted by atomic mass is 10.1. The van der Waals surface area contributed by atoms with Gasteiger partial charge < -0.3 is 19.7 Å². The summed E-state index contributed by atoms with van der Waals surface area (Å²) in [6.07, 6.45) is 0.886. The maximum Gasteiger partial charge on any atom is 0.308 e. The van der Waals surface area contributed by atoms with Crippen molar-refractivity contribution in [1.29, 1.82) is 0 Å². The van der Waals surface area contributed by atoms with E-state index in [-0.39, 0.29) is 38.0 Å². The van der Waals surface area contributed by atoms with Crippen LogP contribution in [0.1, 0.15) is 26.7 Å². The summed E-state index contributed by atoms with van der Waals surface area (Å²) < 4.78 is 10.3. The first kappa shape index (κ1) is 18.8. The largest absolute Gasteiger partial charge is 0.482 e. The SMILES string of the molecule is CC(C)CCNC(=O)COC(=O)CCN1C(=O)COc2ccccc21. The number of rotatable bonds is 8. The predicted octanol–water partition coefficient (Wildman–Crippen LogP) is 1.51. The maximum absolute atomic E-state index is 12.0. The third-order valence-corrected chi connectivity index (χ3v) is 3.76. The molecule has 1 N–H and O–H groups in total. The molecule has 1 heterocycles. The van der Waals surface area contributed by atoms with Crippen LogP contribution in [0.3, 0.4) is 0 Å². The number of amides is 2. The molecule has 1 aliphatic rings. The first-order valence-corrected chi connectivity index (χ1v) is 8.42. The average molecular weight is 348 g/mol. The van der Waals surface area contributed by atoms with Crippen molar-refractivity contribution in [1.82, 2.24) is 5.32 Å². The lowest BCUT2D eigenvalue weighted by Gasteiger charge is -2.28. The highest BCUT2D eigenvalue weighted by molar-refractivity contribution is 5.98. The smallest absolute Gasteiger partial charge is 0.308 e. The minimum atomic E-state index is -0.518. The number of hydrogen-bond donors (Lipinski definition) is 1. The molecule has 1 aromatic carbocycles. The molecule has 0 radical (unpaired) electrons. The molecule has 0 saturated carbocycles. The second-order valence-corrected chi connectivity index (χ2v) is 6.24. The van der Waals surface area contributed by atoms with Crippen molar-refractivity contribution in [2.24, 2.45) is 5.92 Å². The standard InChI is InChI=1S/C18H24N2O5/c1-13(2)7-9-19-16(21)11-25-18(23)8-10-20-14-5-3-4-6-15(14)24-12-17(20)22/h3-6,13H,7-12H2,1-2H3,(H,19,21). The Balaban J connectivity index is 1.75. The Hall–Kier alpha value is -2.57. The predicted molar refractivity (Wildman–Crippen MR) is 92.3 cm³/mol. The molecule has 0 spiro atoms. The van der Waals surface area contributed by atoms with Crippen molar-refractivity contribution in [3.63, 3.8) is 0 Å². The highest BCUT2D eigenvalue weighted by atomic mass is 16.5. The lowest BCUT2D eigenvalue weighted by Crippen LogP contribution is -2.40. The number of benzene rings is 1. The van der Waals surface area contributed by atoms with Crippen LogP contribution in [0, 0.1) is 5.92 Å². The van der Waals surface area contributed by atoms with Gasteiger partial charge in [-0.25, -0.2) is 0 Å². The summed E-state index contributed by atoms with van der Waals surface area (Å²) >= 11 is 0. The fourth-order valence-corrected chi connectivity index (χ4v) is 2.37. The van der Waals surface area contributed by atoms with E-state index in [4.69, 9.17) is 9.47 Å². The van der Waals surface area contributed by atoms with Gasteiger partial charge in [-0.2, -0.15) is 0 Å². The van der Waals surface area contributed by atoms with E-state index in [1.165, 1.54) is 4.90 Å². The normalized spacial score (nSPS) is 13.2. The summed E-state index contributed by atoms with van der Waals surface area (Å²) in [6.45, 7) is 4.53. The molecule has 136 valence electrons. The van der Waals surface area contributed by atoms with E-state index in [0.717, 1.165) is 6.42 Å². The van der Waals surface area contributed by atoms with E-state index in [0.29, 0.717) is 23.9 Å². The van der Waals surface area contributed by atoms with E-state index in [1.807, 2.05) is 6.07 Å². The Bertz CT molecular complexity index is 630. The van der Waals surface area contributed by atoms with Crippen LogP contribution in [0.2, 0.25) is 0 Å². The lowest BCUT2D eigenvalue weighted by molar-refractivity contribution is -0.148. The zero-order valence-electron chi connectivity index (χ0n) is 14.6. The van der Waals surface area contributed by atoms with Crippen LogP contribution < -0.4 is 15.0 Å². The van der Waals surface area contributed by atoms with Gasteiger partial charge in [0.05, 0.1) is 12.1 Å². The van der Waals surface area contributed by atoms with Gasteiger partial charge in [0, 0.05) is 13.1 Å². The molecule has 25 heavy (non-hydrogen) atoms. The highest BCUT2D eigenvalue weighted by Crippen LogP contribution is 2.31. The number of nitrogens with one attached hydrogen (secondary N) is 1. The molecule has 0 aliphatic carbocycles. The van der Waals surface area contributed by atoms with Gasteiger partial charge in [-0.1, -0.05) is 26.0 Å². The summed E-state index contributed by atoms with van der Waals surface area (Å²) in [6, 6.07) is 7.15. The number of carbonyl (C=O) groups excluding carboxylic acids is 3. The van der Waals surface area contributed by atoms with Gasteiger partial charge >= 0.3 is 5.97 Å². The topological polar surface area (TPSA) is 84.9 Å². The molecule has 0 atom stereocenters.